The summed E-state index contributed by atoms with van der Waals surface area (Å²) < 4.78 is 8.89. The van der Waals surface area contributed by atoms with Crippen LogP contribution in [0.4, 0.5) is 17.1 Å². The van der Waals surface area contributed by atoms with Gasteiger partial charge < -0.3 is 13.9 Å². The highest BCUT2D eigenvalue weighted by molar-refractivity contribution is 6.15. The molecule has 0 atom stereocenters. The second-order valence-electron chi connectivity index (χ2n) is 17.9. The van der Waals surface area contributed by atoms with Gasteiger partial charge in [0.1, 0.15) is 11.2 Å². The van der Waals surface area contributed by atoms with Gasteiger partial charge in [-0.25, -0.2) is 0 Å². The van der Waals surface area contributed by atoms with Gasteiger partial charge in [-0.15, -0.1) is 0 Å². The zero-order valence-electron chi connectivity index (χ0n) is 37.1. The minimum Gasteiger partial charge on any atom is -0.456 e. The molecule has 68 heavy (non-hydrogen) atoms. The van der Waals surface area contributed by atoms with Crippen LogP contribution >= 0.6 is 0 Å². The van der Waals surface area contributed by atoms with Crippen molar-refractivity contribution in [2.24, 2.45) is 0 Å². The molecule has 0 saturated heterocycles. The Labute approximate surface area is 394 Å². The first-order valence-corrected chi connectivity index (χ1v) is 23.4. The molecule has 1 aliphatic rings. The van der Waals surface area contributed by atoms with Crippen molar-refractivity contribution in [1.29, 1.82) is 0 Å². The number of para-hydroxylation sites is 3. The molecular formula is C65H42N2O. The normalized spacial score (nSPS) is 12.8. The first-order chi connectivity index (χ1) is 33.8. The Balaban J connectivity index is 1.03. The number of furan rings is 1. The number of rotatable bonds is 7. The number of hydrogen-bond donors (Lipinski definition) is 0. The lowest BCUT2D eigenvalue weighted by Crippen LogP contribution is -2.28. The van der Waals surface area contributed by atoms with Gasteiger partial charge in [-0.05, 0) is 98.9 Å². The number of fused-ring (bicyclic) bond motifs is 10. The fraction of sp³-hybridized carbons (Fsp3) is 0.0154. The largest absolute Gasteiger partial charge is 0.456 e. The van der Waals surface area contributed by atoms with Gasteiger partial charge in [-0.1, -0.05) is 200 Å². The van der Waals surface area contributed by atoms with E-state index in [2.05, 4.69) is 258 Å². The van der Waals surface area contributed by atoms with E-state index in [4.69, 9.17) is 4.42 Å². The Morgan fingerprint density at radius 1 is 0.368 bits per heavy atom. The maximum Gasteiger partial charge on any atom is 0.137 e. The van der Waals surface area contributed by atoms with E-state index in [0.29, 0.717) is 0 Å². The maximum atomic E-state index is 6.46. The highest BCUT2D eigenvalue weighted by Crippen LogP contribution is 2.58. The molecular weight excluding hydrogens is 825 g/mol. The molecule has 0 saturated carbocycles. The van der Waals surface area contributed by atoms with Crippen LogP contribution in [0.15, 0.2) is 259 Å². The quantitative estimate of drug-likeness (QED) is 0.159. The lowest BCUT2D eigenvalue weighted by Gasteiger charge is -2.35. The molecule has 13 aromatic rings. The van der Waals surface area contributed by atoms with Gasteiger partial charge in [0.2, 0.25) is 0 Å². The number of hydrogen-bond acceptors (Lipinski definition) is 2. The van der Waals surface area contributed by atoms with Crippen molar-refractivity contribution in [3.05, 3.63) is 277 Å². The summed E-state index contributed by atoms with van der Waals surface area (Å²) in [4.78, 5) is 2.50. The van der Waals surface area contributed by atoms with Crippen molar-refractivity contribution < 1.29 is 4.42 Å². The molecule has 3 heteroatoms. The van der Waals surface area contributed by atoms with Crippen molar-refractivity contribution in [2.75, 3.05) is 4.90 Å². The van der Waals surface area contributed by atoms with Gasteiger partial charge in [0.05, 0.1) is 38.9 Å². The lowest BCUT2D eigenvalue weighted by atomic mass is 9.67. The molecule has 0 amide bonds. The van der Waals surface area contributed by atoms with Crippen LogP contribution in [-0.4, -0.2) is 4.57 Å². The molecule has 318 valence electrons. The van der Waals surface area contributed by atoms with Gasteiger partial charge in [-0.3, -0.25) is 0 Å². The zero-order chi connectivity index (χ0) is 44.8. The van der Waals surface area contributed by atoms with Crippen LogP contribution < -0.4 is 4.90 Å². The molecule has 2 aromatic heterocycles. The van der Waals surface area contributed by atoms with E-state index >= 15 is 0 Å². The average molecular weight is 867 g/mol. The predicted octanol–water partition coefficient (Wildman–Crippen LogP) is 17.3. The monoisotopic (exact) mass is 866 g/mol. The van der Waals surface area contributed by atoms with E-state index in [1.165, 1.54) is 54.9 Å². The minimum atomic E-state index is -0.546. The maximum absolute atomic E-state index is 6.46. The van der Waals surface area contributed by atoms with E-state index in [9.17, 15) is 0 Å². The Morgan fingerprint density at radius 3 is 1.81 bits per heavy atom. The van der Waals surface area contributed by atoms with Crippen LogP contribution in [0, 0.1) is 0 Å². The van der Waals surface area contributed by atoms with Crippen LogP contribution in [-0.2, 0) is 5.41 Å². The van der Waals surface area contributed by atoms with E-state index in [0.717, 1.165) is 66.8 Å². The Morgan fingerprint density at radius 2 is 0.971 bits per heavy atom. The van der Waals surface area contributed by atoms with Crippen molar-refractivity contribution in [1.82, 2.24) is 4.57 Å². The SMILES string of the molecule is c1ccc(C2(c3ccccc3)c3ccccc3-c3ccc(N(c4ccccc4-c4ccc5c6ccccc6n(-c6cccc7oc8ccccc8c67)c5c4)c4cccc5ccccc45)cc32)cc1. The summed E-state index contributed by atoms with van der Waals surface area (Å²) in [7, 11) is 0. The molecule has 0 N–H and O–H groups in total. The van der Waals surface area contributed by atoms with E-state index < -0.39 is 5.41 Å². The highest BCUT2D eigenvalue weighted by Gasteiger charge is 2.46. The van der Waals surface area contributed by atoms with Gasteiger partial charge in [0, 0.05) is 32.8 Å². The van der Waals surface area contributed by atoms with E-state index in [1.807, 2.05) is 6.07 Å². The highest BCUT2D eigenvalue weighted by atomic mass is 16.3. The van der Waals surface area contributed by atoms with Gasteiger partial charge in [0.25, 0.3) is 0 Å². The zero-order valence-corrected chi connectivity index (χ0v) is 37.1. The summed E-state index contributed by atoms with van der Waals surface area (Å²) in [5, 5.41) is 7.01. The molecule has 2 heterocycles. The topological polar surface area (TPSA) is 21.3 Å². The van der Waals surface area contributed by atoms with Crippen molar-refractivity contribution in [3.8, 4) is 27.9 Å². The third kappa shape index (κ3) is 5.54. The van der Waals surface area contributed by atoms with Crippen molar-refractivity contribution in [2.45, 2.75) is 5.41 Å². The Hall–Kier alpha value is -8.92. The number of benzene rings is 11. The Bertz CT molecular complexity index is 4060. The molecule has 14 rings (SSSR count). The van der Waals surface area contributed by atoms with Crippen LogP contribution in [0.2, 0.25) is 0 Å². The summed E-state index contributed by atoms with van der Waals surface area (Å²) in [5.41, 5.74) is 17.7. The third-order valence-corrected chi connectivity index (χ3v) is 14.5. The smallest absolute Gasteiger partial charge is 0.137 e. The first-order valence-electron chi connectivity index (χ1n) is 23.4. The molecule has 0 unspecified atom stereocenters. The van der Waals surface area contributed by atoms with Gasteiger partial charge in [0.15, 0.2) is 0 Å². The first kappa shape index (κ1) is 38.4. The summed E-state index contributed by atoms with van der Waals surface area (Å²) in [5.74, 6) is 0. The minimum absolute atomic E-state index is 0.546. The second kappa shape index (κ2) is 15.1. The number of nitrogens with zero attached hydrogens (tertiary/aromatic N) is 2. The molecule has 0 fully saturated rings. The van der Waals surface area contributed by atoms with E-state index in [-0.39, 0.29) is 0 Å². The summed E-state index contributed by atoms with van der Waals surface area (Å²) in [6, 6.07) is 93.3. The molecule has 0 bridgehead atoms. The van der Waals surface area contributed by atoms with Crippen LogP contribution in [0.25, 0.3) is 82.5 Å². The van der Waals surface area contributed by atoms with Crippen LogP contribution in [0.1, 0.15) is 22.3 Å². The van der Waals surface area contributed by atoms with E-state index in [1.54, 1.807) is 0 Å². The van der Waals surface area contributed by atoms with Crippen molar-refractivity contribution >= 4 is 71.6 Å². The molecule has 3 nitrogen and oxygen atoms in total. The standard InChI is InChI=1S/C65H42N2O/c1-3-21-45(22-4-1)65(46-23-5-2-6-24-46)55-30-13-9-27-50(55)51-40-38-47(42-56(51)65)66(58-33-17-20-43-19-7-8-25-48(43)58)57-31-14-10-26-49(57)44-37-39-53-52-28-11-15-32-59(52)67(61(53)41-44)60-34-18-36-63-64(60)54-29-12-16-35-62(54)68-63/h1-42H. The average Bonchev–Trinajstić information content (AvgIpc) is 4.06. The second-order valence-corrected chi connectivity index (χ2v) is 17.9. The lowest BCUT2D eigenvalue weighted by molar-refractivity contribution is 0.669. The fourth-order valence-corrected chi connectivity index (χ4v) is 11.6. The van der Waals surface area contributed by atoms with Gasteiger partial charge in [-0.2, -0.15) is 0 Å². The molecule has 11 aromatic carbocycles. The van der Waals surface area contributed by atoms with Crippen LogP contribution in [0.5, 0.6) is 0 Å². The van der Waals surface area contributed by atoms with Gasteiger partial charge >= 0.3 is 0 Å². The molecule has 0 spiro atoms. The molecule has 1 aliphatic carbocycles. The predicted molar refractivity (Wildman–Crippen MR) is 283 cm³/mol. The third-order valence-electron chi connectivity index (χ3n) is 14.5. The number of anilines is 3. The van der Waals surface area contributed by atoms with Crippen LogP contribution in [0.3, 0.4) is 0 Å². The fourth-order valence-electron chi connectivity index (χ4n) is 11.6. The summed E-state index contributed by atoms with van der Waals surface area (Å²) in [6.07, 6.45) is 0. The summed E-state index contributed by atoms with van der Waals surface area (Å²) in [6.45, 7) is 0. The number of aromatic nitrogens is 1. The summed E-state index contributed by atoms with van der Waals surface area (Å²) >= 11 is 0. The molecule has 0 aliphatic heterocycles. The Kier molecular flexibility index (Phi) is 8.50. The van der Waals surface area contributed by atoms with Crippen molar-refractivity contribution in [3.63, 3.8) is 0 Å². The molecule has 0 radical (unpaired) electrons.